The van der Waals surface area contributed by atoms with Gasteiger partial charge in [-0.05, 0) is 46.7 Å². The molecule has 3 aromatic rings. The first kappa shape index (κ1) is 23.9. The summed E-state index contributed by atoms with van der Waals surface area (Å²) >= 11 is 0. The number of halogens is 3. The third kappa shape index (κ3) is 4.98. The van der Waals surface area contributed by atoms with Gasteiger partial charge in [-0.3, -0.25) is 0 Å². The van der Waals surface area contributed by atoms with Crippen molar-refractivity contribution >= 4 is 29.0 Å². The molecular formula is C26H21F3N2O4. The molecule has 0 atom stereocenters. The first-order valence-corrected chi connectivity index (χ1v) is 10.5. The number of carbonyl (C=O) groups is 2. The van der Waals surface area contributed by atoms with Gasteiger partial charge in [-0.2, -0.15) is 13.2 Å². The molecule has 35 heavy (non-hydrogen) atoms. The Morgan fingerprint density at radius 1 is 0.857 bits per heavy atom. The Hall–Kier alpha value is -4.27. The number of esters is 2. The van der Waals surface area contributed by atoms with Crippen molar-refractivity contribution in [1.82, 2.24) is 5.32 Å². The molecule has 0 saturated carbocycles. The maximum absolute atomic E-state index is 13.4. The lowest BCUT2D eigenvalue weighted by molar-refractivity contribution is -0.137. The van der Waals surface area contributed by atoms with E-state index in [0.29, 0.717) is 17.9 Å². The second-order valence-electron chi connectivity index (χ2n) is 7.74. The summed E-state index contributed by atoms with van der Waals surface area (Å²) in [5, 5.41) is 7.83. The molecule has 0 saturated heterocycles. The van der Waals surface area contributed by atoms with Gasteiger partial charge in [0.15, 0.2) is 0 Å². The average molecular weight is 482 g/mol. The monoisotopic (exact) mass is 482 g/mol. The summed E-state index contributed by atoms with van der Waals surface area (Å²) in [5.74, 6) is -0.811. The molecule has 2 N–H and O–H groups in total. The number of carbonyl (C=O) groups excluding carboxylic acids is 2. The highest BCUT2D eigenvalue weighted by Crippen LogP contribution is 2.32. The predicted octanol–water partition coefficient (Wildman–Crippen LogP) is 3.26. The van der Waals surface area contributed by atoms with Crippen LogP contribution < -0.4 is 21.1 Å². The van der Waals surface area contributed by atoms with Gasteiger partial charge in [0, 0.05) is 17.5 Å². The highest BCUT2D eigenvalue weighted by molar-refractivity contribution is 5.91. The predicted molar refractivity (Wildman–Crippen MR) is 124 cm³/mol. The molecule has 180 valence electrons. The van der Waals surface area contributed by atoms with Gasteiger partial charge in [0.2, 0.25) is 0 Å². The van der Waals surface area contributed by atoms with Gasteiger partial charge in [-0.15, -0.1) is 0 Å². The van der Waals surface area contributed by atoms with E-state index < -0.39 is 23.7 Å². The molecule has 0 bridgehead atoms. The second kappa shape index (κ2) is 9.54. The zero-order valence-electron chi connectivity index (χ0n) is 18.8. The fraction of sp³-hybridized carbons (Fsp3) is 0.154. The van der Waals surface area contributed by atoms with Crippen LogP contribution >= 0.6 is 0 Å². The maximum atomic E-state index is 13.4. The van der Waals surface area contributed by atoms with E-state index in [1.54, 1.807) is 12.1 Å². The van der Waals surface area contributed by atoms with E-state index in [9.17, 15) is 22.8 Å². The second-order valence-corrected chi connectivity index (χ2v) is 7.74. The SMILES string of the molecule is COC(=O)c1ccc(C2=c3ccccc3=C(Nc3cc(C(=O)OC)cc(C(F)(F)F)c3)NC2)cc1. The minimum absolute atomic E-state index is 0.0865. The Labute approximate surface area is 198 Å². The quantitative estimate of drug-likeness (QED) is 0.544. The smallest absolute Gasteiger partial charge is 0.416 e. The molecule has 6 nitrogen and oxygen atoms in total. The highest BCUT2D eigenvalue weighted by Gasteiger charge is 2.32. The van der Waals surface area contributed by atoms with Gasteiger partial charge in [0.1, 0.15) is 5.82 Å². The number of rotatable bonds is 5. The van der Waals surface area contributed by atoms with Gasteiger partial charge in [-0.25, -0.2) is 9.59 Å². The summed E-state index contributed by atoms with van der Waals surface area (Å²) in [4.78, 5) is 23.7. The molecule has 0 unspecified atom stereocenters. The van der Waals surface area contributed by atoms with Gasteiger partial charge < -0.3 is 20.1 Å². The minimum atomic E-state index is -4.64. The number of fused-ring (bicyclic) bond motifs is 1. The highest BCUT2D eigenvalue weighted by atomic mass is 19.4. The summed E-state index contributed by atoms with van der Waals surface area (Å²) in [6.45, 7) is 0.375. The number of hydrogen-bond acceptors (Lipinski definition) is 6. The number of nitrogens with one attached hydrogen (secondary N) is 2. The van der Waals surface area contributed by atoms with Crippen LogP contribution in [-0.4, -0.2) is 32.7 Å². The Balaban J connectivity index is 1.81. The first-order chi connectivity index (χ1) is 16.7. The van der Waals surface area contributed by atoms with Gasteiger partial charge in [0.05, 0.1) is 30.9 Å². The van der Waals surface area contributed by atoms with Gasteiger partial charge in [-0.1, -0.05) is 36.4 Å². The lowest BCUT2D eigenvalue weighted by Gasteiger charge is -2.22. The zero-order chi connectivity index (χ0) is 25.2. The van der Waals surface area contributed by atoms with E-state index >= 15 is 0 Å². The maximum Gasteiger partial charge on any atom is 0.416 e. The number of hydrogen-bond donors (Lipinski definition) is 2. The average Bonchev–Trinajstić information content (AvgIpc) is 2.87. The number of alkyl halides is 3. The van der Waals surface area contributed by atoms with Crippen LogP contribution in [0.1, 0.15) is 31.8 Å². The molecule has 0 aliphatic carbocycles. The normalized spacial score (nSPS) is 12.9. The van der Waals surface area contributed by atoms with Crippen molar-refractivity contribution in [2.24, 2.45) is 0 Å². The van der Waals surface area contributed by atoms with E-state index in [4.69, 9.17) is 4.74 Å². The molecule has 9 heteroatoms. The largest absolute Gasteiger partial charge is 0.465 e. The summed E-state index contributed by atoms with van der Waals surface area (Å²) in [5.41, 5.74) is 1.15. The number of anilines is 1. The molecule has 0 fully saturated rings. The van der Waals surface area contributed by atoms with Crippen molar-refractivity contribution in [3.8, 4) is 0 Å². The number of methoxy groups -OCH3 is 2. The molecule has 4 rings (SSSR count). The third-order valence-electron chi connectivity index (χ3n) is 5.57. The molecule has 0 spiro atoms. The van der Waals surface area contributed by atoms with Crippen LogP contribution in [0.2, 0.25) is 0 Å². The van der Waals surface area contributed by atoms with Gasteiger partial charge in [0.25, 0.3) is 0 Å². The van der Waals surface area contributed by atoms with Crippen molar-refractivity contribution in [3.63, 3.8) is 0 Å². The van der Waals surface area contributed by atoms with Crippen molar-refractivity contribution in [3.05, 3.63) is 99.4 Å². The Morgan fingerprint density at radius 2 is 1.49 bits per heavy atom. The Kier molecular flexibility index (Phi) is 6.50. The van der Waals surface area contributed by atoms with Crippen LogP contribution in [-0.2, 0) is 15.7 Å². The third-order valence-corrected chi connectivity index (χ3v) is 5.57. The van der Waals surface area contributed by atoms with Crippen LogP contribution in [0, 0.1) is 0 Å². The van der Waals surface area contributed by atoms with E-state index in [2.05, 4.69) is 15.4 Å². The van der Waals surface area contributed by atoms with E-state index in [0.717, 1.165) is 40.8 Å². The van der Waals surface area contributed by atoms with Crippen molar-refractivity contribution in [2.75, 3.05) is 26.1 Å². The van der Waals surface area contributed by atoms with Crippen molar-refractivity contribution in [2.45, 2.75) is 6.18 Å². The van der Waals surface area contributed by atoms with Crippen LogP contribution in [0.3, 0.4) is 0 Å². The standard InChI is InChI=1S/C26H21F3N2O4/c1-34-24(32)16-9-7-15(8-10-16)22-14-30-23(21-6-4-3-5-20(21)22)31-19-12-17(25(33)35-2)11-18(13-19)26(27,28)29/h3-13,30-31H,14H2,1-2H3. The fourth-order valence-electron chi connectivity index (χ4n) is 3.87. The minimum Gasteiger partial charge on any atom is -0.465 e. The van der Waals surface area contributed by atoms with E-state index in [1.807, 2.05) is 36.4 Å². The van der Waals surface area contributed by atoms with E-state index in [1.165, 1.54) is 13.2 Å². The number of benzene rings is 3. The molecule has 1 aliphatic rings. The molecular weight excluding hydrogens is 461 g/mol. The Bertz CT molecular complexity index is 1410. The van der Waals surface area contributed by atoms with Crippen LogP contribution in [0.25, 0.3) is 11.4 Å². The Morgan fingerprint density at radius 3 is 2.11 bits per heavy atom. The van der Waals surface area contributed by atoms with Crippen molar-refractivity contribution < 1.29 is 32.2 Å². The van der Waals surface area contributed by atoms with Crippen LogP contribution in [0.5, 0.6) is 0 Å². The molecule has 0 radical (unpaired) electrons. The lowest BCUT2D eigenvalue weighted by Crippen LogP contribution is -2.43. The van der Waals surface area contributed by atoms with Crippen LogP contribution in [0.4, 0.5) is 18.9 Å². The van der Waals surface area contributed by atoms with E-state index in [-0.39, 0.29) is 11.3 Å². The molecule has 1 aliphatic heterocycles. The molecule has 3 aromatic carbocycles. The summed E-state index contributed by atoms with van der Waals surface area (Å²) in [6.07, 6.45) is -4.64. The zero-order valence-corrected chi connectivity index (χ0v) is 18.8. The lowest BCUT2D eigenvalue weighted by atomic mass is 9.98. The number of ether oxygens (including phenoxy) is 2. The molecule has 0 amide bonds. The molecule has 1 heterocycles. The summed E-state index contributed by atoms with van der Waals surface area (Å²) < 4.78 is 49.7. The first-order valence-electron chi connectivity index (χ1n) is 10.5. The fourth-order valence-corrected chi connectivity index (χ4v) is 3.87. The van der Waals surface area contributed by atoms with Crippen molar-refractivity contribution in [1.29, 1.82) is 0 Å². The topological polar surface area (TPSA) is 76.7 Å². The van der Waals surface area contributed by atoms with Crippen LogP contribution in [0.15, 0.2) is 66.7 Å². The molecule has 0 aromatic heterocycles. The summed E-state index contributed by atoms with van der Waals surface area (Å²) in [7, 11) is 2.42. The van der Waals surface area contributed by atoms with Gasteiger partial charge >= 0.3 is 18.1 Å². The summed E-state index contributed by atoms with van der Waals surface area (Å²) in [6, 6.07) is 17.4.